The summed E-state index contributed by atoms with van der Waals surface area (Å²) in [6.45, 7) is -1.90. The molecule has 3 rings (SSSR count). The smallest absolute Gasteiger partial charge is 0.387 e. The van der Waals surface area contributed by atoms with Crippen LogP contribution in [0.1, 0.15) is 23.8 Å². The second kappa shape index (κ2) is 7.23. The zero-order valence-corrected chi connectivity index (χ0v) is 13.9. The fraction of sp³-hybridized carbons (Fsp3) is 0.312. The molecule has 1 aliphatic heterocycles. The van der Waals surface area contributed by atoms with Crippen molar-refractivity contribution in [1.29, 1.82) is 0 Å². The fourth-order valence-electron chi connectivity index (χ4n) is 2.70. The SMILES string of the molecule is FC(F)Oc1ccc(NC(=S)N2CCC[C@H]2c2cccs2)cc1. The highest BCUT2D eigenvalue weighted by Crippen LogP contribution is 2.35. The molecule has 0 radical (unpaired) electrons. The minimum absolute atomic E-state index is 0.133. The van der Waals surface area contributed by atoms with Crippen LogP contribution in [0.2, 0.25) is 0 Å². The summed E-state index contributed by atoms with van der Waals surface area (Å²) in [4.78, 5) is 3.50. The molecule has 1 aromatic carbocycles. The van der Waals surface area contributed by atoms with Gasteiger partial charge in [-0.2, -0.15) is 8.78 Å². The lowest BCUT2D eigenvalue weighted by molar-refractivity contribution is -0.0498. The van der Waals surface area contributed by atoms with Crippen molar-refractivity contribution in [3.8, 4) is 5.75 Å². The molecule has 0 unspecified atom stereocenters. The largest absolute Gasteiger partial charge is 0.435 e. The molecule has 122 valence electrons. The van der Waals surface area contributed by atoms with Crippen molar-refractivity contribution in [2.75, 3.05) is 11.9 Å². The van der Waals surface area contributed by atoms with Crippen LogP contribution in [0.4, 0.5) is 14.5 Å². The maximum absolute atomic E-state index is 12.1. The van der Waals surface area contributed by atoms with Crippen LogP contribution in [0.25, 0.3) is 0 Å². The number of thiophene rings is 1. The van der Waals surface area contributed by atoms with Crippen molar-refractivity contribution >= 4 is 34.4 Å². The summed E-state index contributed by atoms with van der Waals surface area (Å²) in [6, 6.07) is 10.9. The van der Waals surface area contributed by atoms with Crippen molar-refractivity contribution in [3.05, 3.63) is 46.7 Å². The highest BCUT2D eigenvalue weighted by atomic mass is 32.1. The van der Waals surface area contributed by atoms with Crippen LogP contribution in [0, 0.1) is 0 Å². The van der Waals surface area contributed by atoms with Gasteiger partial charge in [0, 0.05) is 17.1 Å². The summed E-state index contributed by atoms with van der Waals surface area (Å²) in [6.07, 6.45) is 2.19. The maximum atomic E-state index is 12.1. The number of nitrogens with zero attached hydrogens (tertiary/aromatic N) is 1. The lowest BCUT2D eigenvalue weighted by atomic mass is 10.2. The van der Waals surface area contributed by atoms with Crippen LogP contribution < -0.4 is 10.1 Å². The molecule has 0 saturated carbocycles. The number of anilines is 1. The van der Waals surface area contributed by atoms with Gasteiger partial charge in [0.15, 0.2) is 5.11 Å². The lowest BCUT2D eigenvalue weighted by Gasteiger charge is -2.27. The Morgan fingerprint density at radius 3 is 2.74 bits per heavy atom. The number of thiocarbonyl (C=S) groups is 1. The number of alkyl halides is 2. The Hall–Kier alpha value is -1.73. The molecule has 1 aromatic heterocycles. The van der Waals surface area contributed by atoms with E-state index < -0.39 is 6.61 Å². The normalized spacial score (nSPS) is 17.5. The third-order valence-corrected chi connectivity index (χ3v) is 5.03. The number of hydrogen-bond acceptors (Lipinski definition) is 3. The molecular weight excluding hydrogens is 338 g/mol. The fourth-order valence-corrected chi connectivity index (χ4v) is 3.91. The molecule has 0 spiro atoms. The lowest BCUT2D eigenvalue weighted by Crippen LogP contribution is -2.33. The van der Waals surface area contributed by atoms with Crippen LogP contribution in [0.3, 0.4) is 0 Å². The van der Waals surface area contributed by atoms with Gasteiger partial charge in [-0.1, -0.05) is 6.07 Å². The van der Waals surface area contributed by atoms with Gasteiger partial charge in [0.05, 0.1) is 6.04 Å². The summed E-state index contributed by atoms with van der Waals surface area (Å²) in [7, 11) is 0. The van der Waals surface area contributed by atoms with E-state index in [1.807, 2.05) is 0 Å². The second-order valence-corrected chi connectivity index (χ2v) is 6.57. The van der Waals surface area contributed by atoms with E-state index in [1.165, 1.54) is 17.0 Å². The third kappa shape index (κ3) is 3.97. The molecule has 1 fully saturated rings. The van der Waals surface area contributed by atoms with E-state index in [0.717, 1.165) is 25.1 Å². The van der Waals surface area contributed by atoms with E-state index in [2.05, 4.69) is 32.5 Å². The van der Waals surface area contributed by atoms with Crippen molar-refractivity contribution in [1.82, 2.24) is 4.90 Å². The van der Waals surface area contributed by atoms with Gasteiger partial charge in [0.25, 0.3) is 0 Å². The zero-order valence-electron chi connectivity index (χ0n) is 12.2. The summed E-state index contributed by atoms with van der Waals surface area (Å²) in [5.74, 6) is 0.133. The number of halogens is 2. The first-order valence-corrected chi connectivity index (χ1v) is 8.58. The Morgan fingerprint density at radius 2 is 2.09 bits per heavy atom. The predicted molar refractivity (Wildman–Crippen MR) is 92.3 cm³/mol. The average molecular weight is 354 g/mol. The summed E-state index contributed by atoms with van der Waals surface area (Å²) in [5.41, 5.74) is 0.758. The topological polar surface area (TPSA) is 24.5 Å². The molecule has 3 nitrogen and oxygen atoms in total. The van der Waals surface area contributed by atoms with Gasteiger partial charge >= 0.3 is 6.61 Å². The van der Waals surface area contributed by atoms with Crippen LogP contribution in [-0.4, -0.2) is 23.2 Å². The van der Waals surface area contributed by atoms with Crippen molar-refractivity contribution in [2.45, 2.75) is 25.5 Å². The Balaban J connectivity index is 1.64. The van der Waals surface area contributed by atoms with Gasteiger partial charge in [-0.25, -0.2) is 0 Å². The standard InChI is InChI=1S/C16H16F2N2OS2/c17-15(18)21-12-7-5-11(6-8-12)19-16(22)20-9-1-3-13(20)14-4-2-10-23-14/h2,4-8,10,13,15H,1,3,9H2,(H,19,22)/t13-/m0/s1. The summed E-state index contributed by atoms with van der Waals surface area (Å²) >= 11 is 7.26. The second-order valence-electron chi connectivity index (χ2n) is 5.20. The molecule has 2 heterocycles. The predicted octanol–water partition coefficient (Wildman–Crippen LogP) is 4.88. The Morgan fingerprint density at radius 1 is 1.30 bits per heavy atom. The Bertz CT molecular complexity index is 647. The van der Waals surface area contributed by atoms with Gasteiger partial charge < -0.3 is 15.0 Å². The van der Waals surface area contributed by atoms with Crippen LogP contribution >= 0.6 is 23.6 Å². The highest BCUT2D eigenvalue weighted by molar-refractivity contribution is 7.80. The Kier molecular flexibility index (Phi) is 5.07. The third-order valence-electron chi connectivity index (χ3n) is 3.72. The summed E-state index contributed by atoms with van der Waals surface area (Å²) in [5, 5.41) is 5.90. The molecule has 0 aliphatic carbocycles. The molecule has 7 heteroatoms. The summed E-state index contributed by atoms with van der Waals surface area (Å²) < 4.78 is 28.6. The first-order valence-electron chi connectivity index (χ1n) is 7.29. The number of benzene rings is 1. The number of likely N-dealkylation sites (tertiary alicyclic amines) is 1. The maximum Gasteiger partial charge on any atom is 0.387 e. The van der Waals surface area contributed by atoms with E-state index in [4.69, 9.17) is 12.2 Å². The molecule has 2 aromatic rings. The van der Waals surface area contributed by atoms with Gasteiger partial charge in [-0.3, -0.25) is 0 Å². The van der Waals surface area contributed by atoms with Crippen molar-refractivity contribution in [2.24, 2.45) is 0 Å². The average Bonchev–Trinajstić information content (AvgIpc) is 3.19. The number of hydrogen-bond donors (Lipinski definition) is 1. The molecular formula is C16H16F2N2OS2. The first-order chi connectivity index (χ1) is 11.1. The van der Waals surface area contributed by atoms with Gasteiger partial charge in [-0.15, -0.1) is 11.3 Å². The van der Waals surface area contributed by atoms with Crippen LogP contribution in [0.15, 0.2) is 41.8 Å². The van der Waals surface area contributed by atoms with E-state index in [9.17, 15) is 8.78 Å². The number of nitrogens with one attached hydrogen (secondary N) is 1. The van der Waals surface area contributed by atoms with E-state index in [0.29, 0.717) is 11.2 Å². The van der Waals surface area contributed by atoms with E-state index >= 15 is 0 Å². The minimum atomic E-state index is -2.81. The molecule has 23 heavy (non-hydrogen) atoms. The molecule has 0 amide bonds. The molecule has 1 saturated heterocycles. The van der Waals surface area contributed by atoms with Gasteiger partial charge in [-0.05, 0) is 60.8 Å². The van der Waals surface area contributed by atoms with Crippen molar-refractivity contribution in [3.63, 3.8) is 0 Å². The quantitative estimate of drug-likeness (QED) is 0.791. The number of ether oxygens (including phenoxy) is 1. The van der Waals surface area contributed by atoms with Gasteiger partial charge in [0.1, 0.15) is 5.75 Å². The van der Waals surface area contributed by atoms with Gasteiger partial charge in [0.2, 0.25) is 0 Å². The van der Waals surface area contributed by atoms with Crippen LogP contribution in [0.5, 0.6) is 5.75 Å². The Labute approximate surface area is 142 Å². The monoisotopic (exact) mass is 354 g/mol. The van der Waals surface area contributed by atoms with Crippen molar-refractivity contribution < 1.29 is 13.5 Å². The highest BCUT2D eigenvalue weighted by Gasteiger charge is 2.28. The zero-order chi connectivity index (χ0) is 16.2. The molecule has 1 N–H and O–H groups in total. The van der Waals surface area contributed by atoms with E-state index in [-0.39, 0.29) is 5.75 Å². The first kappa shape index (κ1) is 16.1. The molecule has 1 aliphatic rings. The van der Waals surface area contributed by atoms with E-state index in [1.54, 1.807) is 23.5 Å². The minimum Gasteiger partial charge on any atom is -0.435 e. The molecule has 1 atom stereocenters. The molecule has 0 bridgehead atoms. The number of rotatable bonds is 4. The van der Waals surface area contributed by atoms with Crippen LogP contribution in [-0.2, 0) is 0 Å².